The number of benzene rings is 2. The number of methoxy groups -OCH3 is 1. The summed E-state index contributed by atoms with van der Waals surface area (Å²) in [7, 11) is 3.67. The Morgan fingerprint density at radius 1 is 1.16 bits per heavy atom. The first-order chi connectivity index (χ1) is 18.5. The van der Waals surface area contributed by atoms with Crippen LogP contribution in [0.5, 0.6) is 5.75 Å². The molecule has 38 heavy (non-hydrogen) atoms. The molecular formula is C29H31N7O2. The molecule has 2 N–H and O–H groups in total. The fourth-order valence-corrected chi connectivity index (χ4v) is 5.21. The second kappa shape index (κ2) is 9.83. The van der Waals surface area contributed by atoms with Gasteiger partial charge in [-0.05, 0) is 43.8 Å². The molecule has 2 aromatic heterocycles. The van der Waals surface area contributed by atoms with Gasteiger partial charge in [-0.3, -0.25) is 9.69 Å². The number of hydrogen-bond donors (Lipinski definition) is 2. The average molecular weight is 510 g/mol. The number of amides is 1. The number of ether oxygens (including phenoxy) is 1. The van der Waals surface area contributed by atoms with Crippen LogP contribution in [0, 0.1) is 0 Å². The molecule has 194 valence electrons. The normalized spacial score (nSPS) is 15.6. The number of para-hydroxylation sites is 1. The molecule has 1 amide bonds. The summed E-state index contributed by atoms with van der Waals surface area (Å²) in [6.07, 6.45) is 6.37. The smallest absolute Gasteiger partial charge is 0.247 e. The summed E-state index contributed by atoms with van der Waals surface area (Å²) in [5, 5.41) is 7.40. The molecule has 0 aliphatic carbocycles. The summed E-state index contributed by atoms with van der Waals surface area (Å²) in [5.41, 5.74) is 5.25. The van der Waals surface area contributed by atoms with Crippen LogP contribution in [0.15, 0.2) is 67.5 Å². The van der Waals surface area contributed by atoms with Crippen molar-refractivity contribution in [3.63, 3.8) is 0 Å². The van der Waals surface area contributed by atoms with E-state index in [2.05, 4.69) is 54.9 Å². The van der Waals surface area contributed by atoms with E-state index in [9.17, 15) is 4.79 Å². The zero-order valence-corrected chi connectivity index (χ0v) is 21.6. The van der Waals surface area contributed by atoms with Gasteiger partial charge in [-0.15, -0.1) is 0 Å². The lowest BCUT2D eigenvalue weighted by Crippen LogP contribution is -2.63. The number of hydrogen-bond acceptors (Lipinski definition) is 7. The molecule has 6 rings (SSSR count). The Morgan fingerprint density at radius 3 is 2.71 bits per heavy atom. The van der Waals surface area contributed by atoms with Crippen molar-refractivity contribution in [2.75, 3.05) is 48.8 Å². The van der Waals surface area contributed by atoms with E-state index in [0.717, 1.165) is 40.9 Å². The van der Waals surface area contributed by atoms with E-state index < -0.39 is 0 Å². The zero-order valence-electron chi connectivity index (χ0n) is 21.6. The Balaban J connectivity index is 1.31. The number of aromatic nitrogens is 3. The van der Waals surface area contributed by atoms with E-state index in [1.807, 2.05) is 37.4 Å². The number of fused-ring (bicyclic) bond motifs is 1. The molecule has 0 atom stereocenters. The highest BCUT2D eigenvalue weighted by molar-refractivity contribution is 6.02. The SMILES string of the molecule is C=CC(=O)Nc1cc(Nc2nccc(-c3cn(C)c4ccccc34)n2)c(OC)cc1N1CC(N2CCC2)C1. The van der Waals surface area contributed by atoms with E-state index in [1.165, 1.54) is 25.6 Å². The average Bonchev–Trinajstić information content (AvgIpc) is 3.22. The Morgan fingerprint density at radius 2 is 1.97 bits per heavy atom. The first kappa shape index (κ1) is 24.0. The molecule has 2 saturated heterocycles. The Bertz CT molecular complexity index is 1520. The van der Waals surface area contributed by atoms with Gasteiger partial charge in [0.15, 0.2) is 0 Å². The molecular weight excluding hydrogens is 478 g/mol. The van der Waals surface area contributed by atoms with Crippen LogP contribution in [0.3, 0.4) is 0 Å². The van der Waals surface area contributed by atoms with E-state index >= 15 is 0 Å². The summed E-state index contributed by atoms with van der Waals surface area (Å²) in [6, 6.07) is 14.5. The zero-order chi connectivity index (χ0) is 26.2. The van der Waals surface area contributed by atoms with E-state index in [0.29, 0.717) is 29.1 Å². The highest BCUT2D eigenvalue weighted by Crippen LogP contribution is 2.41. The van der Waals surface area contributed by atoms with Crippen molar-refractivity contribution in [2.45, 2.75) is 12.5 Å². The number of carbonyl (C=O) groups is 1. The first-order valence-electron chi connectivity index (χ1n) is 12.8. The first-order valence-corrected chi connectivity index (χ1v) is 12.8. The fraction of sp³-hybridized carbons (Fsp3) is 0.276. The summed E-state index contributed by atoms with van der Waals surface area (Å²) < 4.78 is 7.85. The predicted molar refractivity (Wildman–Crippen MR) is 151 cm³/mol. The van der Waals surface area contributed by atoms with Crippen molar-refractivity contribution >= 4 is 39.8 Å². The maximum absolute atomic E-state index is 12.3. The van der Waals surface area contributed by atoms with E-state index in [4.69, 9.17) is 9.72 Å². The minimum Gasteiger partial charge on any atom is -0.494 e. The van der Waals surface area contributed by atoms with Crippen molar-refractivity contribution < 1.29 is 9.53 Å². The molecule has 0 saturated carbocycles. The topological polar surface area (TPSA) is 87.5 Å². The fourth-order valence-electron chi connectivity index (χ4n) is 5.21. The van der Waals surface area contributed by atoms with Crippen LogP contribution in [-0.2, 0) is 11.8 Å². The largest absolute Gasteiger partial charge is 0.494 e. The number of rotatable bonds is 8. The molecule has 9 heteroatoms. The van der Waals surface area contributed by atoms with Gasteiger partial charge in [0.1, 0.15) is 5.75 Å². The maximum atomic E-state index is 12.3. The number of aryl methyl sites for hydroxylation is 1. The van der Waals surface area contributed by atoms with Crippen LogP contribution >= 0.6 is 0 Å². The van der Waals surface area contributed by atoms with Gasteiger partial charge >= 0.3 is 0 Å². The van der Waals surface area contributed by atoms with Crippen molar-refractivity contribution in [2.24, 2.45) is 7.05 Å². The van der Waals surface area contributed by atoms with Gasteiger partial charge in [0, 0.05) is 61.1 Å². The number of likely N-dealkylation sites (tertiary alicyclic amines) is 1. The highest BCUT2D eigenvalue weighted by atomic mass is 16.5. The van der Waals surface area contributed by atoms with Crippen LogP contribution in [0.2, 0.25) is 0 Å². The lowest BCUT2D eigenvalue weighted by atomic mass is 10.0. The molecule has 0 bridgehead atoms. The van der Waals surface area contributed by atoms with Crippen LogP contribution in [-0.4, -0.2) is 64.7 Å². The quantitative estimate of drug-likeness (QED) is 0.340. The third-order valence-electron chi connectivity index (χ3n) is 7.45. The van der Waals surface area contributed by atoms with Crippen LogP contribution in [0.4, 0.5) is 23.0 Å². The second-order valence-corrected chi connectivity index (χ2v) is 9.77. The Hall–Kier alpha value is -4.37. The molecule has 4 heterocycles. The molecule has 9 nitrogen and oxygen atoms in total. The summed E-state index contributed by atoms with van der Waals surface area (Å²) in [6.45, 7) is 7.79. The minimum absolute atomic E-state index is 0.267. The van der Waals surface area contributed by atoms with Gasteiger partial charge in [-0.1, -0.05) is 24.8 Å². The van der Waals surface area contributed by atoms with E-state index in [-0.39, 0.29) is 5.91 Å². The molecule has 2 aliphatic heterocycles. The summed E-state index contributed by atoms with van der Waals surface area (Å²) >= 11 is 0. The third kappa shape index (κ3) is 4.35. The molecule has 4 aromatic rings. The van der Waals surface area contributed by atoms with Crippen LogP contribution < -0.4 is 20.3 Å². The van der Waals surface area contributed by atoms with Gasteiger partial charge in [0.05, 0.1) is 29.9 Å². The standard InChI is InChI=1S/C29H31N7O2/c1-4-28(37)31-23-14-24(27(38-3)15-26(23)36-16-19(17-36)35-12-7-13-35)33-29-30-11-10-22(32-29)21-18-34(2)25-9-6-5-8-20(21)25/h4-6,8-11,14-15,18-19H,1,7,12-13,16-17H2,2-3H3,(H,31,37)(H,30,32,33). The lowest BCUT2D eigenvalue weighted by Gasteiger charge is -2.50. The molecule has 2 fully saturated rings. The number of nitrogens with one attached hydrogen (secondary N) is 2. The molecule has 0 unspecified atom stereocenters. The van der Waals surface area contributed by atoms with Gasteiger partial charge in [-0.2, -0.15) is 0 Å². The van der Waals surface area contributed by atoms with Gasteiger partial charge in [-0.25, -0.2) is 9.97 Å². The van der Waals surface area contributed by atoms with Gasteiger partial charge < -0.3 is 24.8 Å². The Labute approximate surface area is 221 Å². The molecule has 0 radical (unpaired) electrons. The van der Waals surface area contributed by atoms with Crippen molar-refractivity contribution in [3.05, 3.63) is 67.5 Å². The molecule has 0 spiro atoms. The second-order valence-electron chi connectivity index (χ2n) is 9.77. The number of nitrogens with zero attached hydrogens (tertiary/aromatic N) is 5. The lowest BCUT2D eigenvalue weighted by molar-refractivity contribution is -0.111. The minimum atomic E-state index is -0.267. The Kier molecular flexibility index (Phi) is 6.21. The third-order valence-corrected chi connectivity index (χ3v) is 7.45. The number of anilines is 4. The molecule has 2 aromatic carbocycles. The predicted octanol–water partition coefficient (Wildman–Crippen LogP) is 4.41. The monoisotopic (exact) mass is 509 g/mol. The van der Waals surface area contributed by atoms with Gasteiger partial charge in [0.25, 0.3) is 0 Å². The summed E-state index contributed by atoms with van der Waals surface area (Å²) in [4.78, 5) is 26.3. The molecule has 2 aliphatic rings. The summed E-state index contributed by atoms with van der Waals surface area (Å²) in [5.74, 6) is 0.809. The van der Waals surface area contributed by atoms with Crippen molar-refractivity contribution in [1.82, 2.24) is 19.4 Å². The maximum Gasteiger partial charge on any atom is 0.247 e. The number of carbonyl (C=O) groups excluding carboxylic acids is 1. The van der Waals surface area contributed by atoms with Crippen LogP contribution in [0.1, 0.15) is 6.42 Å². The van der Waals surface area contributed by atoms with Crippen molar-refractivity contribution in [3.8, 4) is 17.0 Å². The van der Waals surface area contributed by atoms with E-state index in [1.54, 1.807) is 13.3 Å². The van der Waals surface area contributed by atoms with Gasteiger partial charge in [0.2, 0.25) is 11.9 Å². The highest BCUT2D eigenvalue weighted by Gasteiger charge is 2.35. The van der Waals surface area contributed by atoms with Crippen LogP contribution in [0.25, 0.3) is 22.2 Å². The van der Waals surface area contributed by atoms with Crippen molar-refractivity contribution in [1.29, 1.82) is 0 Å².